The highest BCUT2D eigenvalue weighted by Crippen LogP contribution is 2.27. The number of hydrogen-bond donors (Lipinski definition) is 0. The van der Waals surface area contributed by atoms with E-state index < -0.39 is 0 Å². The number of aromatic nitrogens is 3. The summed E-state index contributed by atoms with van der Waals surface area (Å²) in [5.74, 6) is 0.992. The average molecular weight is 329 g/mol. The van der Waals surface area contributed by atoms with Gasteiger partial charge in [-0.1, -0.05) is 29.8 Å². The third kappa shape index (κ3) is 3.57. The molecule has 0 radical (unpaired) electrons. The van der Waals surface area contributed by atoms with Crippen LogP contribution in [0.4, 0.5) is 0 Å². The maximum absolute atomic E-state index is 6.16. The molecule has 2 heterocycles. The van der Waals surface area contributed by atoms with Crippen LogP contribution in [0.25, 0.3) is 11.5 Å². The first-order valence-corrected chi connectivity index (χ1v) is 7.70. The molecule has 5 nitrogen and oxygen atoms in total. The van der Waals surface area contributed by atoms with Crippen molar-refractivity contribution in [1.82, 2.24) is 20.1 Å². The molecule has 0 fully saturated rings. The van der Waals surface area contributed by atoms with E-state index in [0.717, 1.165) is 11.1 Å². The second-order valence-corrected chi connectivity index (χ2v) is 5.77. The molecule has 1 atom stereocenters. The smallest absolute Gasteiger partial charge is 0.249 e. The first kappa shape index (κ1) is 15.6. The Morgan fingerprint density at radius 2 is 2.00 bits per heavy atom. The van der Waals surface area contributed by atoms with Crippen LogP contribution in [0.2, 0.25) is 5.02 Å². The zero-order valence-corrected chi connectivity index (χ0v) is 13.7. The van der Waals surface area contributed by atoms with Gasteiger partial charge in [-0.3, -0.25) is 9.88 Å². The van der Waals surface area contributed by atoms with Crippen molar-refractivity contribution in [3.8, 4) is 11.5 Å². The zero-order chi connectivity index (χ0) is 16.2. The van der Waals surface area contributed by atoms with Crippen LogP contribution in [-0.4, -0.2) is 27.1 Å². The van der Waals surface area contributed by atoms with Gasteiger partial charge >= 0.3 is 0 Å². The Kier molecular flexibility index (Phi) is 4.69. The lowest BCUT2D eigenvalue weighted by Gasteiger charge is -2.22. The van der Waals surface area contributed by atoms with Gasteiger partial charge in [0.1, 0.15) is 0 Å². The number of hydrogen-bond acceptors (Lipinski definition) is 5. The Morgan fingerprint density at radius 3 is 2.74 bits per heavy atom. The van der Waals surface area contributed by atoms with E-state index in [1.807, 2.05) is 37.5 Å². The number of pyridine rings is 1. The molecule has 3 aromatic rings. The largest absolute Gasteiger partial charge is 0.419 e. The van der Waals surface area contributed by atoms with Crippen molar-refractivity contribution < 1.29 is 4.42 Å². The van der Waals surface area contributed by atoms with Crippen LogP contribution in [0.3, 0.4) is 0 Å². The van der Waals surface area contributed by atoms with Crippen LogP contribution in [0.1, 0.15) is 24.4 Å². The lowest BCUT2D eigenvalue weighted by Crippen LogP contribution is -2.22. The second kappa shape index (κ2) is 6.89. The second-order valence-electron chi connectivity index (χ2n) is 5.36. The van der Waals surface area contributed by atoms with Crippen LogP contribution in [-0.2, 0) is 6.54 Å². The maximum atomic E-state index is 6.16. The van der Waals surface area contributed by atoms with E-state index in [1.54, 1.807) is 12.3 Å². The van der Waals surface area contributed by atoms with Gasteiger partial charge in [-0.2, -0.15) is 0 Å². The summed E-state index contributed by atoms with van der Waals surface area (Å²) in [6, 6.07) is 11.6. The fourth-order valence-corrected chi connectivity index (χ4v) is 2.51. The Balaban J connectivity index is 1.73. The third-order valence-corrected chi connectivity index (χ3v) is 4.11. The molecule has 3 rings (SSSR count). The topological polar surface area (TPSA) is 55.1 Å². The standard InChI is InChI=1S/C17H17ClN4O/c1-12(13-6-5-9-19-10-13)22(2)11-16-20-21-17(23-16)14-7-3-4-8-15(14)18/h3-10,12H,11H2,1-2H3/t12-/m0/s1. The lowest BCUT2D eigenvalue weighted by atomic mass is 10.1. The monoisotopic (exact) mass is 328 g/mol. The zero-order valence-electron chi connectivity index (χ0n) is 13.0. The Hall–Kier alpha value is -2.24. The summed E-state index contributed by atoms with van der Waals surface area (Å²) in [5.41, 5.74) is 1.89. The highest BCUT2D eigenvalue weighted by molar-refractivity contribution is 6.33. The lowest BCUT2D eigenvalue weighted by molar-refractivity contribution is 0.228. The first-order valence-electron chi connectivity index (χ1n) is 7.32. The number of nitrogens with zero attached hydrogens (tertiary/aromatic N) is 4. The van der Waals surface area contributed by atoms with E-state index in [9.17, 15) is 0 Å². The van der Waals surface area contributed by atoms with Crippen molar-refractivity contribution in [2.75, 3.05) is 7.05 Å². The van der Waals surface area contributed by atoms with Crippen molar-refractivity contribution in [2.24, 2.45) is 0 Å². The van der Waals surface area contributed by atoms with Gasteiger partial charge in [-0.05, 0) is 37.7 Å². The molecule has 0 bridgehead atoms. The molecule has 118 valence electrons. The predicted octanol–water partition coefficient (Wildman–Crippen LogP) is 3.98. The molecule has 0 saturated heterocycles. The van der Waals surface area contributed by atoms with Crippen LogP contribution in [0.15, 0.2) is 53.2 Å². The van der Waals surface area contributed by atoms with E-state index in [-0.39, 0.29) is 6.04 Å². The van der Waals surface area contributed by atoms with Crippen LogP contribution in [0.5, 0.6) is 0 Å². The van der Waals surface area contributed by atoms with E-state index in [1.165, 1.54) is 0 Å². The highest BCUT2D eigenvalue weighted by Gasteiger charge is 2.16. The van der Waals surface area contributed by atoms with Gasteiger partial charge in [-0.15, -0.1) is 10.2 Å². The van der Waals surface area contributed by atoms with Crippen molar-refractivity contribution in [1.29, 1.82) is 0 Å². The number of benzene rings is 1. The van der Waals surface area contributed by atoms with Gasteiger partial charge in [0.05, 0.1) is 17.1 Å². The molecule has 1 aromatic carbocycles. The number of halogens is 1. The molecule has 0 saturated carbocycles. The summed E-state index contributed by atoms with van der Waals surface area (Å²) in [6.45, 7) is 2.66. The molecular formula is C17H17ClN4O. The van der Waals surface area contributed by atoms with E-state index >= 15 is 0 Å². The fraction of sp³-hybridized carbons (Fsp3) is 0.235. The molecule has 6 heteroatoms. The first-order chi connectivity index (χ1) is 11.1. The van der Waals surface area contributed by atoms with Crippen LogP contribution < -0.4 is 0 Å². The van der Waals surface area contributed by atoms with Gasteiger partial charge in [-0.25, -0.2) is 0 Å². The van der Waals surface area contributed by atoms with Crippen molar-refractivity contribution in [2.45, 2.75) is 19.5 Å². The minimum Gasteiger partial charge on any atom is -0.419 e. The summed E-state index contributed by atoms with van der Waals surface area (Å²) < 4.78 is 5.74. The summed E-state index contributed by atoms with van der Waals surface area (Å²) in [4.78, 5) is 6.28. The van der Waals surface area contributed by atoms with Gasteiger partial charge in [0.15, 0.2) is 0 Å². The van der Waals surface area contributed by atoms with Crippen LogP contribution >= 0.6 is 11.6 Å². The van der Waals surface area contributed by atoms with E-state index in [0.29, 0.717) is 23.3 Å². The molecule has 0 unspecified atom stereocenters. The summed E-state index contributed by atoms with van der Waals surface area (Å²) in [7, 11) is 2.01. The molecule has 0 spiro atoms. The molecule has 2 aromatic heterocycles. The van der Waals surface area contributed by atoms with Gasteiger partial charge in [0, 0.05) is 18.4 Å². The summed E-state index contributed by atoms with van der Waals surface area (Å²) in [6.07, 6.45) is 3.63. The average Bonchev–Trinajstić information content (AvgIpc) is 3.03. The molecule has 0 aliphatic rings. The summed E-state index contributed by atoms with van der Waals surface area (Å²) in [5, 5.41) is 8.81. The maximum Gasteiger partial charge on any atom is 0.249 e. The molecule has 0 N–H and O–H groups in total. The Labute approximate surface area is 139 Å². The van der Waals surface area contributed by atoms with Crippen LogP contribution in [0, 0.1) is 0 Å². The molecule has 0 amide bonds. The van der Waals surface area contributed by atoms with Gasteiger partial charge in [0.25, 0.3) is 0 Å². The predicted molar refractivity (Wildman–Crippen MR) is 88.9 cm³/mol. The quantitative estimate of drug-likeness (QED) is 0.709. The van der Waals surface area contributed by atoms with Gasteiger partial charge < -0.3 is 4.42 Å². The van der Waals surface area contributed by atoms with E-state index in [4.69, 9.17) is 16.0 Å². The third-order valence-electron chi connectivity index (χ3n) is 3.78. The van der Waals surface area contributed by atoms with E-state index in [2.05, 4.69) is 33.1 Å². The number of rotatable bonds is 5. The highest BCUT2D eigenvalue weighted by atomic mass is 35.5. The Morgan fingerprint density at radius 1 is 1.17 bits per heavy atom. The van der Waals surface area contributed by atoms with Crippen molar-refractivity contribution in [3.05, 3.63) is 65.3 Å². The summed E-state index contributed by atoms with van der Waals surface area (Å²) >= 11 is 6.16. The SMILES string of the molecule is C[C@@H](c1cccnc1)N(C)Cc1nnc(-c2ccccc2Cl)o1. The molecule has 23 heavy (non-hydrogen) atoms. The molecule has 0 aliphatic carbocycles. The Bertz CT molecular complexity index is 775. The van der Waals surface area contributed by atoms with Crippen molar-refractivity contribution >= 4 is 11.6 Å². The fourth-order valence-electron chi connectivity index (χ4n) is 2.29. The minimum atomic E-state index is 0.194. The minimum absolute atomic E-state index is 0.194. The van der Waals surface area contributed by atoms with Crippen molar-refractivity contribution in [3.63, 3.8) is 0 Å². The molecular weight excluding hydrogens is 312 g/mol. The molecule has 0 aliphatic heterocycles. The normalized spacial score (nSPS) is 12.5. The van der Waals surface area contributed by atoms with Gasteiger partial charge in [0.2, 0.25) is 11.8 Å².